The molecule has 0 aromatic carbocycles. The zero-order valence-electron chi connectivity index (χ0n) is 3.56. The van der Waals surface area contributed by atoms with Gasteiger partial charge in [-0.05, 0) is 0 Å². The molecule has 0 unspecified atom stereocenters. The quantitative estimate of drug-likeness (QED) is 0.414. The van der Waals surface area contributed by atoms with Crippen LogP contribution < -0.4 is 0 Å². The summed E-state index contributed by atoms with van der Waals surface area (Å²) in [6.07, 6.45) is 0. The summed E-state index contributed by atoms with van der Waals surface area (Å²) in [6.45, 7) is 0. The number of hydrogen-bond acceptors (Lipinski definition) is 2. The third kappa shape index (κ3) is 3.92. The molecule has 0 fully saturated rings. The van der Waals surface area contributed by atoms with Gasteiger partial charge in [0.1, 0.15) is 0 Å². The van der Waals surface area contributed by atoms with Gasteiger partial charge in [0.2, 0.25) is 0 Å². The van der Waals surface area contributed by atoms with Gasteiger partial charge in [-0.15, -0.1) is 0 Å². The van der Waals surface area contributed by atoms with Crippen LogP contribution in [0.5, 0.6) is 0 Å². The predicted octanol–water partition coefficient (Wildman–Crippen LogP) is 0.271. The molecule has 0 saturated carbocycles. The Labute approximate surface area is 32.3 Å². The lowest BCUT2D eigenvalue weighted by atomic mass is 11.2. The summed E-state index contributed by atoms with van der Waals surface area (Å²) < 4.78 is 0. The largest absolute Gasteiger partial charge is 0.303 e. The van der Waals surface area contributed by atoms with Gasteiger partial charge >= 0.3 is 0 Å². The molecule has 2 nitrogen and oxygen atoms in total. The summed E-state index contributed by atoms with van der Waals surface area (Å²) in [7, 11) is 6.65. The van der Waals surface area contributed by atoms with Crippen molar-refractivity contribution in [2.75, 3.05) is 14.2 Å². The molecule has 1 radical (unpaired) electrons. The summed E-state index contributed by atoms with van der Waals surface area (Å²) in [5.41, 5.74) is 0. The predicted molar refractivity (Wildman–Crippen MR) is 20.1 cm³/mol. The van der Waals surface area contributed by atoms with Gasteiger partial charge in [0, 0.05) is 14.1 Å². The fourth-order valence-electron chi connectivity index (χ4n) is 0. The van der Waals surface area contributed by atoms with Gasteiger partial charge in [0.15, 0.2) is 0 Å². The van der Waals surface area contributed by atoms with Crippen LogP contribution in [0.4, 0.5) is 0 Å². The Hall–Kier alpha value is -0.0800. The monoisotopic (exact) mass is 74.1 g/mol. The molecule has 0 N–H and O–H groups in total. The Bertz CT molecular complexity index is 20.9. The first-order valence-corrected chi connectivity index (χ1v) is 1.35. The summed E-state index contributed by atoms with van der Waals surface area (Å²) in [6, 6.07) is 0. The van der Waals surface area contributed by atoms with Crippen molar-refractivity contribution in [3.8, 4) is 0 Å². The van der Waals surface area contributed by atoms with Crippen LogP contribution in [0.2, 0.25) is 0 Å². The normalized spacial score (nSPS) is 9.60. The smallest absolute Gasteiger partial charge is 0.0575 e. The van der Waals surface area contributed by atoms with Gasteiger partial charge in [0.05, 0.1) is 7.11 Å². The molecule has 0 aliphatic rings. The minimum atomic E-state index is 1.38. The van der Waals surface area contributed by atoms with E-state index in [1.807, 2.05) is 0 Å². The number of hydrogen-bond donors (Lipinski definition) is 0. The molecule has 0 heterocycles. The van der Waals surface area contributed by atoms with Crippen LogP contribution in [0.15, 0.2) is 0 Å². The molecular weight excluding hydrogens is 66.0 g/mol. The summed E-state index contributed by atoms with van der Waals surface area (Å²) in [5, 5.41) is 1.38. The summed E-state index contributed by atoms with van der Waals surface area (Å²) in [5.74, 6) is 0. The van der Waals surface area contributed by atoms with Gasteiger partial charge < -0.3 is 4.84 Å². The van der Waals surface area contributed by atoms with Gasteiger partial charge in [-0.1, -0.05) is 0 Å². The first kappa shape index (κ1) is 4.92. The molecule has 0 aromatic heterocycles. The maximum absolute atomic E-state index is 4.47. The van der Waals surface area contributed by atoms with Crippen LogP contribution in [-0.2, 0) is 4.84 Å². The molecule has 0 atom stereocenters. The molecule has 0 aliphatic carbocycles. The SMILES string of the molecule is [CH2]N(C)OC. The Morgan fingerprint density at radius 1 is 1.80 bits per heavy atom. The average Bonchev–Trinajstić information content (AvgIpc) is 1.38. The van der Waals surface area contributed by atoms with E-state index in [0.29, 0.717) is 0 Å². The maximum Gasteiger partial charge on any atom is 0.0575 e. The minimum absolute atomic E-state index is 1.38. The third-order valence-electron chi connectivity index (χ3n) is 0.312. The second kappa shape index (κ2) is 2.18. The van der Waals surface area contributed by atoms with Crippen molar-refractivity contribution < 1.29 is 4.84 Å². The third-order valence-corrected chi connectivity index (χ3v) is 0.312. The van der Waals surface area contributed by atoms with Crippen molar-refractivity contribution in [3.63, 3.8) is 0 Å². The number of hydroxylamine groups is 2. The highest BCUT2D eigenvalue weighted by molar-refractivity contribution is 4.13. The van der Waals surface area contributed by atoms with E-state index in [2.05, 4.69) is 11.9 Å². The van der Waals surface area contributed by atoms with Gasteiger partial charge in [-0.25, -0.2) is 0 Å². The van der Waals surface area contributed by atoms with Gasteiger partial charge in [-0.2, -0.15) is 5.06 Å². The van der Waals surface area contributed by atoms with E-state index in [1.165, 1.54) is 5.06 Å². The van der Waals surface area contributed by atoms with E-state index in [1.54, 1.807) is 14.2 Å². The number of nitrogens with zero attached hydrogens (tertiary/aromatic N) is 1. The van der Waals surface area contributed by atoms with Crippen molar-refractivity contribution in [2.45, 2.75) is 0 Å². The highest BCUT2D eigenvalue weighted by atomic mass is 16.7. The summed E-state index contributed by atoms with van der Waals surface area (Å²) in [4.78, 5) is 4.47. The molecule has 0 spiro atoms. The Balaban J connectivity index is 2.54. The van der Waals surface area contributed by atoms with Crippen molar-refractivity contribution in [3.05, 3.63) is 7.05 Å². The van der Waals surface area contributed by atoms with Crippen molar-refractivity contribution in [1.29, 1.82) is 0 Å². The molecule has 0 aromatic rings. The van der Waals surface area contributed by atoms with E-state index in [9.17, 15) is 0 Å². The molecule has 31 valence electrons. The molecule has 0 aliphatic heterocycles. The molecule has 2 heteroatoms. The van der Waals surface area contributed by atoms with Crippen molar-refractivity contribution >= 4 is 0 Å². The van der Waals surface area contributed by atoms with Crippen molar-refractivity contribution in [2.24, 2.45) is 0 Å². The molecule has 0 saturated heterocycles. The van der Waals surface area contributed by atoms with E-state index >= 15 is 0 Å². The van der Waals surface area contributed by atoms with Crippen LogP contribution in [0.3, 0.4) is 0 Å². The van der Waals surface area contributed by atoms with Gasteiger partial charge in [0.25, 0.3) is 0 Å². The highest BCUT2D eigenvalue weighted by Crippen LogP contribution is 1.67. The first-order chi connectivity index (χ1) is 2.27. The minimum Gasteiger partial charge on any atom is -0.303 e. The molecule has 0 amide bonds. The van der Waals surface area contributed by atoms with E-state index in [0.717, 1.165) is 0 Å². The zero-order valence-corrected chi connectivity index (χ0v) is 3.56. The van der Waals surface area contributed by atoms with Crippen LogP contribution in [-0.4, -0.2) is 19.2 Å². The lowest BCUT2D eigenvalue weighted by molar-refractivity contribution is -0.0679. The Kier molecular flexibility index (Phi) is 2.14. The van der Waals surface area contributed by atoms with Gasteiger partial charge in [-0.3, -0.25) is 0 Å². The fraction of sp³-hybridized carbons (Fsp3) is 0.667. The highest BCUT2D eigenvalue weighted by Gasteiger charge is 1.71. The van der Waals surface area contributed by atoms with E-state index in [-0.39, 0.29) is 0 Å². The van der Waals surface area contributed by atoms with Crippen LogP contribution >= 0.6 is 0 Å². The molecule has 0 bridgehead atoms. The zero-order chi connectivity index (χ0) is 4.28. The van der Waals surface area contributed by atoms with E-state index < -0.39 is 0 Å². The fourth-order valence-corrected chi connectivity index (χ4v) is 0. The molecular formula is C3H8NO. The van der Waals surface area contributed by atoms with Crippen LogP contribution in [0, 0.1) is 7.05 Å². The van der Waals surface area contributed by atoms with Crippen LogP contribution in [0.1, 0.15) is 0 Å². The standard InChI is InChI=1S/C3H8NO/c1-4(2)5-3/h1H2,2-3H3. The lowest BCUT2D eigenvalue weighted by Gasteiger charge is -2.00. The lowest BCUT2D eigenvalue weighted by Crippen LogP contribution is -2.04. The van der Waals surface area contributed by atoms with Crippen molar-refractivity contribution in [1.82, 2.24) is 5.06 Å². The van der Waals surface area contributed by atoms with E-state index in [4.69, 9.17) is 0 Å². The number of rotatable bonds is 1. The van der Waals surface area contributed by atoms with Crippen LogP contribution in [0.25, 0.3) is 0 Å². The Morgan fingerprint density at radius 3 is 2.00 bits per heavy atom. The molecule has 0 rings (SSSR count). The average molecular weight is 74.1 g/mol. The first-order valence-electron chi connectivity index (χ1n) is 1.35. The summed E-state index contributed by atoms with van der Waals surface area (Å²) >= 11 is 0. The maximum atomic E-state index is 4.47. The topological polar surface area (TPSA) is 12.5 Å². The second-order valence-electron chi connectivity index (χ2n) is 0.810. The Morgan fingerprint density at radius 2 is 2.00 bits per heavy atom. The second-order valence-corrected chi connectivity index (χ2v) is 0.810. The molecule has 5 heavy (non-hydrogen) atoms.